The quantitative estimate of drug-likeness (QED) is 0.328. The van der Waals surface area contributed by atoms with Crippen LogP contribution in [-0.2, 0) is 5.54 Å². The van der Waals surface area contributed by atoms with Crippen molar-refractivity contribution in [3.63, 3.8) is 0 Å². The van der Waals surface area contributed by atoms with Crippen LogP contribution in [0.2, 0.25) is 0 Å². The van der Waals surface area contributed by atoms with Gasteiger partial charge in [0.1, 0.15) is 17.1 Å². The summed E-state index contributed by atoms with van der Waals surface area (Å²) in [4.78, 5) is 20.4. The SMILES string of the molecule is O=C(O)NC1(c2ccc(-c3oc4ncc(NCCO)nc4c3-c3ccccc3)cc2)CCC1. The number of furan rings is 1. The van der Waals surface area contributed by atoms with Crippen LogP contribution < -0.4 is 10.6 Å². The van der Waals surface area contributed by atoms with Crippen molar-refractivity contribution in [2.75, 3.05) is 18.5 Å². The number of aromatic nitrogens is 2. The molecule has 0 aliphatic heterocycles. The van der Waals surface area contributed by atoms with Gasteiger partial charge in [0, 0.05) is 12.1 Å². The molecule has 0 radical (unpaired) electrons. The summed E-state index contributed by atoms with van der Waals surface area (Å²) in [6.07, 6.45) is 3.14. The zero-order valence-corrected chi connectivity index (χ0v) is 17.9. The third-order valence-corrected chi connectivity index (χ3v) is 6.13. The molecule has 2 aromatic heterocycles. The van der Waals surface area contributed by atoms with Crippen LogP contribution in [-0.4, -0.2) is 39.4 Å². The smallest absolute Gasteiger partial charge is 0.405 e. The molecule has 0 spiro atoms. The summed E-state index contributed by atoms with van der Waals surface area (Å²) in [6.45, 7) is 0.367. The van der Waals surface area contributed by atoms with Gasteiger partial charge in [0.15, 0.2) is 0 Å². The van der Waals surface area contributed by atoms with Crippen LogP contribution in [0.25, 0.3) is 33.7 Å². The molecule has 1 amide bonds. The number of carbonyl (C=O) groups is 1. The van der Waals surface area contributed by atoms with Gasteiger partial charge in [0.2, 0.25) is 5.71 Å². The van der Waals surface area contributed by atoms with E-state index in [0.717, 1.165) is 41.5 Å². The van der Waals surface area contributed by atoms with E-state index in [9.17, 15) is 9.90 Å². The number of anilines is 1. The van der Waals surface area contributed by atoms with Crippen molar-refractivity contribution in [3.05, 3.63) is 66.4 Å². The first-order valence-electron chi connectivity index (χ1n) is 10.9. The molecular formula is C25H24N4O4. The zero-order chi connectivity index (χ0) is 22.8. The van der Waals surface area contributed by atoms with E-state index in [2.05, 4.69) is 15.6 Å². The number of nitrogens with one attached hydrogen (secondary N) is 2. The third kappa shape index (κ3) is 3.89. The fourth-order valence-electron chi connectivity index (χ4n) is 4.38. The highest BCUT2D eigenvalue weighted by Gasteiger charge is 2.40. The number of aliphatic hydroxyl groups is 1. The minimum atomic E-state index is -1.01. The highest BCUT2D eigenvalue weighted by molar-refractivity contribution is 5.98. The lowest BCUT2D eigenvalue weighted by atomic mass is 9.72. The van der Waals surface area contributed by atoms with E-state index in [1.807, 2.05) is 54.6 Å². The second-order valence-electron chi connectivity index (χ2n) is 8.17. The molecule has 0 bridgehead atoms. The number of aliphatic hydroxyl groups excluding tert-OH is 1. The van der Waals surface area contributed by atoms with Crippen molar-refractivity contribution < 1.29 is 19.4 Å². The topological polar surface area (TPSA) is 121 Å². The molecule has 4 aromatic rings. The minimum absolute atomic E-state index is 0.00747. The first kappa shape index (κ1) is 21.0. The number of fused-ring (bicyclic) bond motifs is 1. The fourth-order valence-corrected chi connectivity index (χ4v) is 4.38. The van der Waals surface area contributed by atoms with Gasteiger partial charge in [-0.3, -0.25) is 0 Å². The molecule has 8 nitrogen and oxygen atoms in total. The summed E-state index contributed by atoms with van der Waals surface area (Å²) in [7, 11) is 0. The molecule has 1 fully saturated rings. The maximum atomic E-state index is 11.3. The van der Waals surface area contributed by atoms with E-state index in [1.165, 1.54) is 0 Å². The first-order chi connectivity index (χ1) is 16.1. The molecule has 8 heteroatoms. The average Bonchev–Trinajstić information content (AvgIpc) is 3.19. The van der Waals surface area contributed by atoms with Gasteiger partial charge in [0.25, 0.3) is 0 Å². The van der Waals surface area contributed by atoms with Crippen molar-refractivity contribution in [2.24, 2.45) is 0 Å². The molecular weight excluding hydrogens is 420 g/mol. The number of hydrogen-bond donors (Lipinski definition) is 4. The molecule has 2 heterocycles. The van der Waals surface area contributed by atoms with E-state index in [-0.39, 0.29) is 6.61 Å². The van der Waals surface area contributed by atoms with Crippen LogP contribution in [0.15, 0.2) is 65.2 Å². The number of carboxylic acid groups (broad SMARTS) is 1. The van der Waals surface area contributed by atoms with Crippen LogP contribution in [0.4, 0.5) is 10.6 Å². The van der Waals surface area contributed by atoms with Gasteiger partial charge in [0.05, 0.1) is 23.9 Å². The molecule has 1 aliphatic rings. The zero-order valence-electron chi connectivity index (χ0n) is 17.9. The van der Waals surface area contributed by atoms with E-state index in [0.29, 0.717) is 29.4 Å². The predicted octanol–water partition coefficient (Wildman–Crippen LogP) is 4.61. The van der Waals surface area contributed by atoms with Crippen LogP contribution in [0.5, 0.6) is 0 Å². The first-order valence-corrected chi connectivity index (χ1v) is 10.9. The van der Waals surface area contributed by atoms with E-state index < -0.39 is 11.6 Å². The van der Waals surface area contributed by atoms with Crippen molar-refractivity contribution in [1.82, 2.24) is 15.3 Å². The second-order valence-corrected chi connectivity index (χ2v) is 8.17. The minimum Gasteiger partial charge on any atom is -0.465 e. The Morgan fingerprint density at radius 1 is 1.06 bits per heavy atom. The van der Waals surface area contributed by atoms with Crippen molar-refractivity contribution in [1.29, 1.82) is 0 Å². The number of rotatable bonds is 7. The number of amides is 1. The van der Waals surface area contributed by atoms with Gasteiger partial charge in [-0.05, 0) is 30.4 Å². The lowest BCUT2D eigenvalue weighted by molar-refractivity contribution is 0.144. The number of hydrogen-bond acceptors (Lipinski definition) is 6. The molecule has 0 saturated heterocycles. The Kier molecular flexibility index (Phi) is 5.43. The highest BCUT2D eigenvalue weighted by atomic mass is 16.4. The Morgan fingerprint density at radius 2 is 1.82 bits per heavy atom. The largest absolute Gasteiger partial charge is 0.465 e. The highest BCUT2D eigenvalue weighted by Crippen LogP contribution is 2.43. The van der Waals surface area contributed by atoms with E-state index in [1.54, 1.807) is 6.20 Å². The van der Waals surface area contributed by atoms with Gasteiger partial charge < -0.3 is 25.3 Å². The molecule has 0 atom stereocenters. The molecule has 4 N–H and O–H groups in total. The summed E-state index contributed by atoms with van der Waals surface area (Å²) in [5.74, 6) is 1.21. The summed E-state index contributed by atoms with van der Waals surface area (Å²) >= 11 is 0. The standard InChI is InChI=1S/C25H24N4O4/c30-14-13-26-19-15-27-23-21(28-19)20(16-5-2-1-3-6-16)22(33-23)17-7-9-18(10-8-17)25(11-4-12-25)29-24(31)32/h1-3,5-10,15,29-30H,4,11-14H2,(H,26,28)(H,31,32). The van der Waals surface area contributed by atoms with Crippen molar-refractivity contribution >= 4 is 23.1 Å². The average molecular weight is 444 g/mol. The van der Waals surface area contributed by atoms with Gasteiger partial charge in [-0.2, -0.15) is 0 Å². The predicted molar refractivity (Wildman–Crippen MR) is 125 cm³/mol. The molecule has 5 rings (SSSR count). The molecule has 1 saturated carbocycles. The molecule has 33 heavy (non-hydrogen) atoms. The molecule has 168 valence electrons. The lowest BCUT2D eigenvalue weighted by Crippen LogP contribution is -2.50. The van der Waals surface area contributed by atoms with E-state index in [4.69, 9.17) is 14.5 Å². The number of nitrogens with zero attached hydrogens (tertiary/aromatic N) is 2. The van der Waals surface area contributed by atoms with Crippen LogP contribution >= 0.6 is 0 Å². The summed E-state index contributed by atoms with van der Waals surface area (Å²) in [6, 6.07) is 17.7. The van der Waals surface area contributed by atoms with Crippen molar-refractivity contribution in [3.8, 4) is 22.5 Å². The van der Waals surface area contributed by atoms with Crippen molar-refractivity contribution in [2.45, 2.75) is 24.8 Å². The Balaban J connectivity index is 1.59. The van der Waals surface area contributed by atoms with Crippen LogP contribution in [0.3, 0.4) is 0 Å². The Labute approximate surface area is 190 Å². The molecule has 0 unspecified atom stereocenters. The van der Waals surface area contributed by atoms with Gasteiger partial charge in [-0.1, -0.05) is 54.6 Å². The Morgan fingerprint density at radius 3 is 2.45 bits per heavy atom. The lowest BCUT2D eigenvalue weighted by Gasteiger charge is -2.42. The summed E-state index contributed by atoms with van der Waals surface area (Å²) in [5.41, 5.74) is 4.12. The van der Waals surface area contributed by atoms with Gasteiger partial charge in [-0.25, -0.2) is 14.8 Å². The third-order valence-electron chi connectivity index (χ3n) is 6.13. The monoisotopic (exact) mass is 444 g/mol. The maximum Gasteiger partial charge on any atom is 0.405 e. The Hall–Kier alpha value is -3.91. The molecule has 2 aromatic carbocycles. The summed E-state index contributed by atoms with van der Waals surface area (Å²) < 4.78 is 6.17. The van der Waals surface area contributed by atoms with Gasteiger partial charge >= 0.3 is 6.09 Å². The molecule has 1 aliphatic carbocycles. The maximum absolute atomic E-state index is 11.3. The summed E-state index contributed by atoms with van der Waals surface area (Å²) in [5, 5.41) is 24.1. The van der Waals surface area contributed by atoms with Crippen LogP contribution in [0, 0.1) is 0 Å². The Bertz CT molecular complexity index is 1280. The fraction of sp³-hybridized carbons (Fsp3) is 0.240. The van der Waals surface area contributed by atoms with E-state index >= 15 is 0 Å². The number of benzene rings is 2. The second kappa shape index (κ2) is 8.55. The normalized spacial score (nSPS) is 14.6. The van der Waals surface area contributed by atoms with Gasteiger partial charge in [-0.15, -0.1) is 0 Å². The van der Waals surface area contributed by atoms with Crippen LogP contribution in [0.1, 0.15) is 24.8 Å².